The van der Waals surface area contributed by atoms with Crippen LogP contribution in [0.3, 0.4) is 0 Å². The number of hydrogen-bond donors (Lipinski definition) is 1. The Balaban J connectivity index is 1.72. The predicted octanol–water partition coefficient (Wildman–Crippen LogP) is 1.62. The van der Waals surface area contributed by atoms with E-state index in [9.17, 15) is 0 Å². The molecule has 2 rings (SSSR count). The van der Waals surface area contributed by atoms with Crippen LogP contribution in [0.4, 0.5) is 5.69 Å². The second kappa shape index (κ2) is 6.61. The summed E-state index contributed by atoms with van der Waals surface area (Å²) in [7, 11) is 0. The number of morpholine rings is 1. The minimum Gasteiger partial charge on any atom is -0.493 e. The van der Waals surface area contributed by atoms with E-state index >= 15 is 0 Å². The van der Waals surface area contributed by atoms with Crippen LogP contribution in [0.15, 0.2) is 24.3 Å². The van der Waals surface area contributed by atoms with Gasteiger partial charge in [-0.2, -0.15) is 0 Å². The van der Waals surface area contributed by atoms with Crippen LogP contribution in [-0.2, 0) is 4.74 Å². The van der Waals surface area contributed by atoms with Gasteiger partial charge in [-0.15, -0.1) is 0 Å². The Morgan fingerprint density at radius 2 is 2.17 bits per heavy atom. The minimum atomic E-state index is 0.504. The maximum Gasteiger partial charge on any atom is 0.121 e. The number of nitrogens with zero attached hydrogens (tertiary/aromatic N) is 1. The maximum atomic E-state index is 5.75. The molecule has 100 valence electrons. The first-order valence-electron chi connectivity index (χ1n) is 6.52. The zero-order chi connectivity index (χ0) is 12.8. The van der Waals surface area contributed by atoms with Crippen LogP contribution in [0.25, 0.3) is 0 Å². The molecule has 4 heteroatoms. The van der Waals surface area contributed by atoms with E-state index in [2.05, 4.69) is 11.8 Å². The molecule has 0 aliphatic carbocycles. The van der Waals surface area contributed by atoms with Crippen molar-refractivity contribution in [2.45, 2.75) is 6.92 Å². The molecule has 4 nitrogen and oxygen atoms in total. The Hall–Kier alpha value is -1.26. The van der Waals surface area contributed by atoms with Gasteiger partial charge in [0.05, 0.1) is 19.8 Å². The van der Waals surface area contributed by atoms with Crippen molar-refractivity contribution in [1.29, 1.82) is 0 Å². The van der Waals surface area contributed by atoms with Crippen LogP contribution in [-0.4, -0.2) is 44.4 Å². The molecule has 0 amide bonds. The summed E-state index contributed by atoms with van der Waals surface area (Å²) in [4.78, 5) is 2.43. The number of anilines is 1. The highest BCUT2D eigenvalue weighted by Crippen LogP contribution is 2.15. The van der Waals surface area contributed by atoms with Gasteiger partial charge in [-0.1, -0.05) is 13.0 Å². The second-order valence-electron chi connectivity index (χ2n) is 4.90. The van der Waals surface area contributed by atoms with Gasteiger partial charge in [0.25, 0.3) is 0 Å². The van der Waals surface area contributed by atoms with Gasteiger partial charge in [0.1, 0.15) is 5.75 Å². The average Bonchev–Trinajstić information content (AvgIpc) is 2.38. The predicted molar refractivity (Wildman–Crippen MR) is 72.8 cm³/mol. The summed E-state index contributed by atoms with van der Waals surface area (Å²) in [5.41, 5.74) is 6.46. The second-order valence-corrected chi connectivity index (χ2v) is 4.90. The van der Waals surface area contributed by atoms with Crippen molar-refractivity contribution in [1.82, 2.24) is 4.90 Å². The first kappa shape index (κ1) is 13.2. The Kier molecular flexibility index (Phi) is 4.84. The fourth-order valence-electron chi connectivity index (χ4n) is 2.12. The number of benzene rings is 1. The fraction of sp³-hybridized carbons (Fsp3) is 0.571. The van der Waals surface area contributed by atoms with Gasteiger partial charge < -0.3 is 15.2 Å². The van der Waals surface area contributed by atoms with Gasteiger partial charge in [-0.3, -0.25) is 4.90 Å². The van der Waals surface area contributed by atoms with E-state index in [1.807, 2.05) is 24.3 Å². The van der Waals surface area contributed by atoms with Crippen LogP contribution >= 0.6 is 0 Å². The molecule has 0 radical (unpaired) electrons. The van der Waals surface area contributed by atoms with E-state index in [4.69, 9.17) is 15.2 Å². The third-order valence-corrected chi connectivity index (χ3v) is 3.07. The van der Waals surface area contributed by atoms with Gasteiger partial charge in [-0.25, -0.2) is 0 Å². The van der Waals surface area contributed by atoms with Crippen LogP contribution in [0.2, 0.25) is 0 Å². The lowest BCUT2D eigenvalue weighted by Crippen LogP contribution is -2.39. The fourth-order valence-corrected chi connectivity index (χ4v) is 2.12. The third-order valence-electron chi connectivity index (χ3n) is 3.07. The van der Waals surface area contributed by atoms with Crippen molar-refractivity contribution in [3.05, 3.63) is 24.3 Å². The molecule has 0 aromatic heterocycles. The summed E-state index contributed by atoms with van der Waals surface area (Å²) in [6, 6.07) is 7.58. The van der Waals surface area contributed by atoms with Crippen LogP contribution in [0, 0.1) is 5.92 Å². The SMILES string of the molecule is CC(COc1cccc(N)c1)CN1CCOCC1. The van der Waals surface area contributed by atoms with E-state index in [0.717, 1.165) is 50.9 Å². The van der Waals surface area contributed by atoms with Gasteiger partial charge in [0.2, 0.25) is 0 Å². The van der Waals surface area contributed by atoms with Crippen molar-refractivity contribution in [3.63, 3.8) is 0 Å². The minimum absolute atomic E-state index is 0.504. The molecular weight excluding hydrogens is 228 g/mol. The Morgan fingerprint density at radius 1 is 1.39 bits per heavy atom. The molecule has 1 unspecified atom stereocenters. The molecule has 0 bridgehead atoms. The van der Waals surface area contributed by atoms with Crippen LogP contribution < -0.4 is 10.5 Å². The maximum absolute atomic E-state index is 5.75. The Bertz CT molecular complexity index is 365. The summed E-state index contributed by atoms with van der Waals surface area (Å²) < 4.78 is 11.1. The molecule has 1 fully saturated rings. The van der Waals surface area contributed by atoms with Crippen molar-refractivity contribution in [2.24, 2.45) is 5.92 Å². The van der Waals surface area contributed by atoms with E-state index in [1.54, 1.807) is 0 Å². The number of ether oxygens (including phenoxy) is 2. The molecule has 0 saturated carbocycles. The molecule has 0 spiro atoms. The Morgan fingerprint density at radius 3 is 2.89 bits per heavy atom. The third kappa shape index (κ3) is 4.20. The van der Waals surface area contributed by atoms with E-state index in [1.165, 1.54) is 0 Å². The van der Waals surface area contributed by atoms with Crippen molar-refractivity contribution in [2.75, 3.05) is 45.2 Å². The molecule has 1 aromatic rings. The van der Waals surface area contributed by atoms with Gasteiger partial charge in [0.15, 0.2) is 0 Å². The van der Waals surface area contributed by atoms with Crippen molar-refractivity contribution < 1.29 is 9.47 Å². The summed E-state index contributed by atoms with van der Waals surface area (Å²) >= 11 is 0. The molecule has 1 saturated heterocycles. The average molecular weight is 250 g/mol. The van der Waals surface area contributed by atoms with Gasteiger partial charge in [0, 0.05) is 37.3 Å². The largest absolute Gasteiger partial charge is 0.493 e. The highest BCUT2D eigenvalue weighted by Gasteiger charge is 2.14. The molecule has 1 aliphatic rings. The highest BCUT2D eigenvalue weighted by molar-refractivity contribution is 5.43. The van der Waals surface area contributed by atoms with Crippen LogP contribution in [0.5, 0.6) is 5.75 Å². The molecule has 2 N–H and O–H groups in total. The number of nitrogen functional groups attached to an aromatic ring is 1. The molecule has 1 heterocycles. The van der Waals surface area contributed by atoms with E-state index in [-0.39, 0.29) is 0 Å². The summed E-state index contributed by atoms with van der Waals surface area (Å²) in [6.07, 6.45) is 0. The van der Waals surface area contributed by atoms with Gasteiger partial charge in [-0.05, 0) is 12.1 Å². The molecule has 1 aliphatic heterocycles. The van der Waals surface area contributed by atoms with Crippen LogP contribution in [0.1, 0.15) is 6.92 Å². The first-order chi connectivity index (χ1) is 8.74. The molecule has 1 atom stereocenters. The first-order valence-corrected chi connectivity index (χ1v) is 6.52. The Labute approximate surface area is 109 Å². The number of rotatable bonds is 5. The molecule has 1 aromatic carbocycles. The standard InChI is InChI=1S/C14H22N2O2/c1-12(10-16-5-7-17-8-6-16)11-18-14-4-2-3-13(15)9-14/h2-4,9,12H,5-8,10-11,15H2,1H3. The van der Waals surface area contributed by atoms with Crippen molar-refractivity contribution >= 4 is 5.69 Å². The summed E-state index contributed by atoms with van der Waals surface area (Å²) in [6.45, 7) is 7.76. The smallest absolute Gasteiger partial charge is 0.121 e. The molecule has 18 heavy (non-hydrogen) atoms. The van der Waals surface area contributed by atoms with Crippen molar-refractivity contribution in [3.8, 4) is 5.75 Å². The lowest BCUT2D eigenvalue weighted by atomic mass is 10.2. The van der Waals surface area contributed by atoms with Gasteiger partial charge >= 0.3 is 0 Å². The quantitative estimate of drug-likeness (QED) is 0.807. The van der Waals surface area contributed by atoms with E-state index in [0.29, 0.717) is 5.92 Å². The summed E-state index contributed by atoms with van der Waals surface area (Å²) in [5.74, 6) is 1.35. The highest BCUT2D eigenvalue weighted by atomic mass is 16.5. The number of hydrogen-bond acceptors (Lipinski definition) is 4. The lowest BCUT2D eigenvalue weighted by Gasteiger charge is -2.29. The summed E-state index contributed by atoms with van der Waals surface area (Å²) in [5, 5.41) is 0. The van der Waals surface area contributed by atoms with E-state index < -0.39 is 0 Å². The zero-order valence-corrected chi connectivity index (χ0v) is 11.0. The topological polar surface area (TPSA) is 47.7 Å². The lowest BCUT2D eigenvalue weighted by molar-refractivity contribution is 0.0283. The zero-order valence-electron chi connectivity index (χ0n) is 11.0. The monoisotopic (exact) mass is 250 g/mol. The normalized spacial score (nSPS) is 18.5. The number of nitrogens with two attached hydrogens (primary N) is 1. The molecular formula is C14H22N2O2.